The number of hydrogen-bond acceptors (Lipinski definition) is 2. The van der Waals surface area contributed by atoms with Gasteiger partial charge in [-0.05, 0) is 17.7 Å². The summed E-state index contributed by atoms with van der Waals surface area (Å²) in [6, 6.07) is 1.92. The average molecular weight is 235 g/mol. The Bertz CT molecular complexity index is 440. The van der Waals surface area contributed by atoms with Gasteiger partial charge in [0.25, 0.3) is 0 Å². The van der Waals surface area contributed by atoms with Gasteiger partial charge in [-0.15, -0.1) is 0 Å². The molecule has 0 saturated heterocycles. The lowest BCUT2D eigenvalue weighted by molar-refractivity contribution is -0.400. The molecule has 3 nitrogen and oxygen atoms in total. The van der Waals surface area contributed by atoms with E-state index in [2.05, 4.69) is 0 Å². The van der Waals surface area contributed by atoms with E-state index in [-0.39, 0.29) is 0 Å². The van der Waals surface area contributed by atoms with Crippen molar-refractivity contribution in [3.63, 3.8) is 0 Å². The fraction of sp³-hybridized carbons (Fsp3) is 0.111. The molecule has 0 amide bonds. The Morgan fingerprint density at radius 2 is 1.94 bits per heavy atom. The summed E-state index contributed by atoms with van der Waals surface area (Å²) in [4.78, 5) is 9.06. The highest BCUT2D eigenvalue weighted by Gasteiger charge is 2.33. The zero-order chi connectivity index (χ0) is 12.3. The lowest BCUT2D eigenvalue weighted by atomic mass is 10.1. The number of halogens is 4. The minimum absolute atomic E-state index is 0.291. The highest BCUT2D eigenvalue weighted by Crippen LogP contribution is 2.33. The first-order chi connectivity index (χ1) is 7.30. The number of nitro groups is 1. The Labute approximate surface area is 87.2 Å². The van der Waals surface area contributed by atoms with Crippen LogP contribution in [0.2, 0.25) is 0 Å². The third-order valence-corrected chi connectivity index (χ3v) is 1.70. The van der Waals surface area contributed by atoms with Gasteiger partial charge < -0.3 is 0 Å². The van der Waals surface area contributed by atoms with Crippen molar-refractivity contribution >= 4 is 6.08 Å². The SMILES string of the molecule is O=[N+]([O-])/C=C/c1ccc(F)cc1C(F)(F)F. The standard InChI is InChI=1S/C9H5F4NO2/c10-7-2-1-6(3-4-14(15)16)8(5-7)9(11,12)13/h1-5H/b4-3+. The van der Waals surface area contributed by atoms with Crippen molar-refractivity contribution in [2.45, 2.75) is 6.18 Å². The third-order valence-electron chi connectivity index (χ3n) is 1.70. The van der Waals surface area contributed by atoms with Gasteiger partial charge in [0.1, 0.15) is 5.82 Å². The molecule has 0 fully saturated rings. The summed E-state index contributed by atoms with van der Waals surface area (Å²) in [7, 11) is 0. The summed E-state index contributed by atoms with van der Waals surface area (Å²) in [5.41, 5.74) is -1.70. The highest BCUT2D eigenvalue weighted by atomic mass is 19.4. The molecule has 1 aromatic rings. The zero-order valence-electron chi connectivity index (χ0n) is 7.66. The summed E-state index contributed by atoms with van der Waals surface area (Å²) in [5, 5.41) is 9.96. The normalized spacial score (nSPS) is 12.0. The molecule has 0 spiro atoms. The molecule has 7 heteroatoms. The van der Waals surface area contributed by atoms with Crippen LogP contribution in [0.3, 0.4) is 0 Å². The van der Waals surface area contributed by atoms with E-state index in [0.29, 0.717) is 18.3 Å². The number of alkyl halides is 3. The molecule has 0 N–H and O–H groups in total. The van der Waals surface area contributed by atoms with Crippen LogP contribution in [0.1, 0.15) is 11.1 Å². The Morgan fingerprint density at radius 3 is 2.44 bits per heavy atom. The Morgan fingerprint density at radius 1 is 1.31 bits per heavy atom. The maximum Gasteiger partial charge on any atom is 0.417 e. The van der Waals surface area contributed by atoms with Crippen LogP contribution in [-0.2, 0) is 6.18 Å². The molecule has 0 aromatic heterocycles. The monoisotopic (exact) mass is 235 g/mol. The van der Waals surface area contributed by atoms with Crippen LogP contribution in [-0.4, -0.2) is 4.92 Å². The third kappa shape index (κ3) is 3.04. The van der Waals surface area contributed by atoms with E-state index in [0.717, 1.165) is 12.1 Å². The van der Waals surface area contributed by atoms with E-state index < -0.39 is 28.0 Å². The van der Waals surface area contributed by atoms with Gasteiger partial charge in [0.05, 0.1) is 10.5 Å². The van der Waals surface area contributed by atoms with Crippen molar-refractivity contribution < 1.29 is 22.5 Å². The van der Waals surface area contributed by atoms with E-state index >= 15 is 0 Å². The molecule has 0 heterocycles. The zero-order valence-corrected chi connectivity index (χ0v) is 7.66. The first-order valence-electron chi connectivity index (χ1n) is 3.99. The second-order valence-electron chi connectivity index (χ2n) is 2.83. The van der Waals surface area contributed by atoms with Crippen molar-refractivity contribution in [2.75, 3.05) is 0 Å². The van der Waals surface area contributed by atoms with Gasteiger partial charge in [0.15, 0.2) is 0 Å². The molecule has 0 saturated carbocycles. The van der Waals surface area contributed by atoms with Crippen LogP contribution < -0.4 is 0 Å². The molecule has 0 aliphatic heterocycles. The maximum atomic E-state index is 12.6. The summed E-state index contributed by atoms with van der Waals surface area (Å²) in [5.74, 6) is -1.05. The fourth-order valence-corrected chi connectivity index (χ4v) is 1.06. The fourth-order valence-electron chi connectivity index (χ4n) is 1.06. The smallest absolute Gasteiger partial charge is 0.259 e. The number of hydrogen-bond donors (Lipinski definition) is 0. The van der Waals surface area contributed by atoms with Gasteiger partial charge >= 0.3 is 6.18 Å². The van der Waals surface area contributed by atoms with Gasteiger partial charge in [-0.3, -0.25) is 10.1 Å². The molecular formula is C9H5F4NO2. The van der Waals surface area contributed by atoms with Crippen LogP contribution in [0.4, 0.5) is 17.6 Å². The second-order valence-corrected chi connectivity index (χ2v) is 2.83. The van der Waals surface area contributed by atoms with Gasteiger partial charge in [-0.25, -0.2) is 4.39 Å². The van der Waals surface area contributed by atoms with Crippen molar-refractivity contribution in [3.05, 3.63) is 51.5 Å². The van der Waals surface area contributed by atoms with Gasteiger partial charge in [0, 0.05) is 6.08 Å². The van der Waals surface area contributed by atoms with Gasteiger partial charge in [-0.1, -0.05) is 6.07 Å². The average Bonchev–Trinajstić information content (AvgIpc) is 2.14. The van der Waals surface area contributed by atoms with E-state index in [1.165, 1.54) is 0 Å². The Kier molecular flexibility index (Phi) is 3.26. The van der Waals surface area contributed by atoms with Crippen molar-refractivity contribution in [1.29, 1.82) is 0 Å². The number of rotatable bonds is 2. The van der Waals surface area contributed by atoms with Crippen molar-refractivity contribution in [3.8, 4) is 0 Å². The van der Waals surface area contributed by atoms with Gasteiger partial charge in [-0.2, -0.15) is 13.2 Å². The first-order valence-corrected chi connectivity index (χ1v) is 3.99. The number of nitrogens with zero attached hydrogens (tertiary/aromatic N) is 1. The predicted octanol–water partition coefficient (Wildman–Crippen LogP) is 3.09. The molecule has 0 aliphatic carbocycles. The minimum atomic E-state index is -4.75. The molecular weight excluding hydrogens is 230 g/mol. The largest absolute Gasteiger partial charge is 0.417 e. The van der Waals surface area contributed by atoms with Crippen molar-refractivity contribution in [1.82, 2.24) is 0 Å². The highest BCUT2D eigenvalue weighted by molar-refractivity contribution is 5.53. The summed E-state index contributed by atoms with van der Waals surface area (Å²) < 4.78 is 49.8. The first kappa shape index (κ1) is 12.2. The van der Waals surface area contributed by atoms with Crippen LogP contribution >= 0.6 is 0 Å². The molecule has 0 aliphatic rings. The lowest BCUT2D eigenvalue weighted by Crippen LogP contribution is -2.08. The molecule has 0 unspecified atom stereocenters. The van der Waals surface area contributed by atoms with Crippen LogP contribution in [0.25, 0.3) is 6.08 Å². The Balaban J connectivity index is 3.23. The molecule has 16 heavy (non-hydrogen) atoms. The van der Waals surface area contributed by atoms with Crippen LogP contribution in [0.15, 0.2) is 24.4 Å². The van der Waals surface area contributed by atoms with Crippen LogP contribution in [0.5, 0.6) is 0 Å². The molecule has 0 radical (unpaired) electrons. The molecule has 1 aromatic carbocycles. The molecule has 0 atom stereocenters. The van der Waals surface area contributed by atoms with Gasteiger partial charge in [0.2, 0.25) is 6.20 Å². The van der Waals surface area contributed by atoms with E-state index in [1.54, 1.807) is 0 Å². The Hall–Kier alpha value is -1.92. The predicted molar refractivity (Wildman–Crippen MR) is 47.4 cm³/mol. The lowest BCUT2D eigenvalue weighted by Gasteiger charge is -2.09. The minimum Gasteiger partial charge on any atom is -0.259 e. The van der Waals surface area contributed by atoms with Crippen LogP contribution in [0, 0.1) is 15.9 Å². The maximum absolute atomic E-state index is 12.6. The van der Waals surface area contributed by atoms with Crippen molar-refractivity contribution in [2.24, 2.45) is 0 Å². The molecule has 86 valence electrons. The number of benzene rings is 1. The summed E-state index contributed by atoms with van der Waals surface area (Å²) in [6.07, 6.45) is -3.72. The second kappa shape index (κ2) is 4.30. The quantitative estimate of drug-likeness (QED) is 0.449. The van der Waals surface area contributed by atoms with E-state index in [4.69, 9.17) is 0 Å². The van der Waals surface area contributed by atoms with E-state index in [9.17, 15) is 27.7 Å². The summed E-state index contributed by atoms with van der Waals surface area (Å²) in [6.45, 7) is 0. The molecule has 0 bridgehead atoms. The molecule has 1 rings (SSSR count). The topological polar surface area (TPSA) is 43.1 Å². The summed E-state index contributed by atoms with van der Waals surface area (Å²) >= 11 is 0. The van der Waals surface area contributed by atoms with E-state index in [1.807, 2.05) is 0 Å².